The lowest BCUT2D eigenvalue weighted by Crippen LogP contribution is -2.25. The van der Waals surface area contributed by atoms with E-state index in [1.54, 1.807) is 10.7 Å². The van der Waals surface area contributed by atoms with E-state index in [-0.39, 0.29) is 5.91 Å². The summed E-state index contributed by atoms with van der Waals surface area (Å²) in [5.41, 5.74) is 4.09. The quantitative estimate of drug-likeness (QED) is 0.572. The minimum Gasteiger partial charge on any atom is -0.494 e. The van der Waals surface area contributed by atoms with Crippen molar-refractivity contribution >= 4 is 11.6 Å². The van der Waals surface area contributed by atoms with E-state index < -0.39 is 0 Å². The molecule has 0 bridgehead atoms. The highest BCUT2D eigenvalue weighted by molar-refractivity contribution is 5.99. The molecule has 0 spiro atoms. The molecular weight excluding hydrogens is 352 g/mol. The van der Waals surface area contributed by atoms with Crippen LogP contribution >= 0.6 is 0 Å². The Balaban J connectivity index is 1.52. The number of aryl methyl sites for hydroxylation is 2. The number of carbonyl (C=O) groups is 1. The third-order valence-corrected chi connectivity index (χ3v) is 4.66. The Morgan fingerprint density at radius 3 is 2.71 bits per heavy atom. The summed E-state index contributed by atoms with van der Waals surface area (Å²) in [5.74, 6) is 0.746. The van der Waals surface area contributed by atoms with Crippen LogP contribution < -0.4 is 10.1 Å². The molecule has 0 saturated carbocycles. The second-order valence-corrected chi connectivity index (χ2v) is 7.04. The van der Waals surface area contributed by atoms with Gasteiger partial charge in [0.05, 0.1) is 12.8 Å². The van der Waals surface area contributed by atoms with Gasteiger partial charge in [-0.2, -0.15) is 5.10 Å². The van der Waals surface area contributed by atoms with Crippen LogP contribution in [0.2, 0.25) is 0 Å². The highest BCUT2D eigenvalue weighted by Gasteiger charge is 2.15. The van der Waals surface area contributed by atoms with E-state index >= 15 is 0 Å². The Kier molecular flexibility index (Phi) is 6.63. The van der Waals surface area contributed by atoms with Gasteiger partial charge in [0, 0.05) is 17.9 Å². The molecule has 1 N–H and O–H groups in total. The summed E-state index contributed by atoms with van der Waals surface area (Å²) in [5, 5.41) is 7.24. The molecular formula is C22H28N4O2. The van der Waals surface area contributed by atoms with Gasteiger partial charge in [0.25, 0.3) is 5.91 Å². The average Bonchev–Trinajstić information content (AvgIpc) is 3.10. The summed E-state index contributed by atoms with van der Waals surface area (Å²) in [6.45, 7) is 7.36. The van der Waals surface area contributed by atoms with E-state index in [9.17, 15) is 4.79 Å². The first-order chi connectivity index (χ1) is 13.6. The van der Waals surface area contributed by atoms with Crippen molar-refractivity contribution in [2.45, 2.75) is 46.5 Å². The second kappa shape index (κ2) is 9.35. The van der Waals surface area contributed by atoms with Gasteiger partial charge in [-0.05, 0) is 50.5 Å². The lowest BCUT2D eigenvalue weighted by molar-refractivity contribution is 0.0955. The predicted molar refractivity (Wildman–Crippen MR) is 110 cm³/mol. The van der Waals surface area contributed by atoms with Crippen LogP contribution in [0.15, 0.2) is 36.5 Å². The number of unbranched alkanes of at least 4 members (excludes halogenated alkanes) is 2. The number of nitrogens with zero attached hydrogens (tertiary/aromatic N) is 3. The Bertz CT molecular complexity index is 932. The van der Waals surface area contributed by atoms with Crippen LogP contribution in [0.1, 0.15) is 53.5 Å². The SMILES string of the molecule is CCCCCOc1ccc(CCNC(=O)c2cnn3c(C)cc(C)nc23)cc1. The van der Waals surface area contributed by atoms with Gasteiger partial charge in [-0.3, -0.25) is 4.79 Å². The average molecular weight is 380 g/mol. The number of amides is 1. The molecule has 3 aromatic rings. The van der Waals surface area contributed by atoms with Crippen LogP contribution in [0.3, 0.4) is 0 Å². The van der Waals surface area contributed by atoms with Crippen LogP contribution in [-0.2, 0) is 6.42 Å². The maximum atomic E-state index is 12.5. The number of ether oxygens (including phenoxy) is 1. The Morgan fingerprint density at radius 1 is 1.18 bits per heavy atom. The lowest BCUT2D eigenvalue weighted by atomic mass is 10.1. The first kappa shape index (κ1) is 19.9. The molecule has 0 aliphatic heterocycles. The molecule has 0 aliphatic carbocycles. The Morgan fingerprint density at radius 2 is 1.96 bits per heavy atom. The fourth-order valence-corrected chi connectivity index (χ4v) is 3.14. The van der Waals surface area contributed by atoms with Crippen molar-refractivity contribution in [1.29, 1.82) is 0 Å². The van der Waals surface area contributed by atoms with E-state index in [1.165, 1.54) is 12.8 Å². The van der Waals surface area contributed by atoms with Gasteiger partial charge in [0.15, 0.2) is 5.65 Å². The first-order valence-electron chi connectivity index (χ1n) is 9.90. The minimum absolute atomic E-state index is 0.150. The molecule has 1 amide bonds. The Hall–Kier alpha value is -2.89. The highest BCUT2D eigenvalue weighted by Crippen LogP contribution is 2.14. The van der Waals surface area contributed by atoms with E-state index in [4.69, 9.17) is 4.74 Å². The number of nitrogens with one attached hydrogen (secondary N) is 1. The molecule has 0 aliphatic rings. The minimum atomic E-state index is -0.150. The van der Waals surface area contributed by atoms with Crippen molar-refractivity contribution < 1.29 is 9.53 Å². The van der Waals surface area contributed by atoms with Crippen molar-refractivity contribution in [3.05, 3.63) is 59.0 Å². The molecule has 0 unspecified atom stereocenters. The topological polar surface area (TPSA) is 68.5 Å². The van der Waals surface area contributed by atoms with Crippen molar-refractivity contribution in [1.82, 2.24) is 19.9 Å². The summed E-state index contributed by atoms with van der Waals surface area (Å²) < 4.78 is 7.42. The van der Waals surface area contributed by atoms with Gasteiger partial charge in [0.2, 0.25) is 0 Å². The van der Waals surface area contributed by atoms with Crippen LogP contribution in [0.4, 0.5) is 0 Å². The van der Waals surface area contributed by atoms with Gasteiger partial charge in [0.1, 0.15) is 11.3 Å². The summed E-state index contributed by atoms with van der Waals surface area (Å²) in [6, 6.07) is 10.0. The van der Waals surface area contributed by atoms with Crippen LogP contribution in [-0.4, -0.2) is 33.7 Å². The molecule has 3 rings (SSSR count). The smallest absolute Gasteiger partial charge is 0.256 e. The zero-order chi connectivity index (χ0) is 19.9. The van der Waals surface area contributed by atoms with Crippen molar-refractivity contribution in [2.24, 2.45) is 0 Å². The number of aromatic nitrogens is 3. The number of benzene rings is 1. The zero-order valence-electron chi connectivity index (χ0n) is 16.9. The molecule has 28 heavy (non-hydrogen) atoms. The molecule has 6 nitrogen and oxygen atoms in total. The first-order valence-corrected chi connectivity index (χ1v) is 9.90. The Labute approximate surface area is 165 Å². The monoisotopic (exact) mass is 380 g/mol. The molecule has 0 fully saturated rings. The fraction of sp³-hybridized carbons (Fsp3) is 0.409. The third-order valence-electron chi connectivity index (χ3n) is 4.66. The molecule has 0 atom stereocenters. The number of hydrogen-bond acceptors (Lipinski definition) is 4. The van der Waals surface area contributed by atoms with E-state index in [0.29, 0.717) is 17.8 Å². The summed E-state index contributed by atoms with van der Waals surface area (Å²) >= 11 is 0. The van der Waals surface area contributed by atoms with Crippen LogP contribution in [0.25, 0.3) is 5.65 Å². The number of carbonyl (C=O) groups excluding carboxylic acids is 1. The number of hydrogen-bond donors (Lipinski definition) is 1. The van der Waals surface area contributed by atoms with E-state index in [2.05, 4.69) is 22.3 Å². The molecule has 6 heteroatoms. The highest BCUT2D eigenvalue weighted by atomic mass is 16.5. The molecule has 1 aromatic carbocycles. The molecule has 148 valence electrons. The molecule has 0 radical (unpaired) electrons. The molecule has 2 heterocycles. The standard InChI is InChI=1S/C22H28N4O2/c1-4-5-6-13-28-19-9-7-18(8-10-19)11-12-23-22(27)20-15-24-26-17(3)14-16(2)25-21(20)26/h7-10,14-15H,4-6,11-13H2,1-3H3,(H,23,27). The van der Waals surface area contributed by atoms with Gasteiger partial charge < -0.3 is 10.1 Å². The number of rotatable bonds is 9. The maximum Gasteiger partial charge on any atom is 0.256 e. The lowest BCUT2D eigenvalue weighted by Gasteiger charge is -2.08. The van der Waals surface area contributed by atoms with Gasteiger partial charge in [-0.25, -0.2) is 9.50 Å². The fourth-order valence-electron chi connectivity index (χ4n) is 3.14. The normalized spacial score (nSPS) is 11.0. The summed E-state index contributed by atoms with van der Waals surface area (Å²) in [7, 11) is 0. The van der Waals surface area contributed by atoms with Crippen LogP contribution in [0, 0.1) is 13.8 Å². The van der Waals surface area contributed by atoms with Crippen molar-refractivity contribution in [3.8, 4) is 5.75 Å². The maximum absolute atomic E-state index is 12.5. The summed E-state index contributed by atoms with van der Waals surface area (Å²) in [4.78, 5) is 17.0. The predicted octanol–water partition coefficient (Wildman–Crippen LogP) is 3.89. The molecule has 2 aromatic heterocycles. The van der Waals surface area contributed by atoms with Crippen LogP contribution in [0.5, 0.6) is 5.75 Å². The van der Waals surface area contributed by atoms with Crippen molar-refractivity contribution in [2.75, 3.05) is 13.2 Å². The van der Waals surface area contributed by atoms with Gasteiger partial charge in [-0.1, -0.05) is 31.9 Å². The zero-order valence-corrected chi connectivity index (χ0v) is 16.9. The van der Waals surface area contributed by atoms with Gasteiger partial charge in [-0.15, -0.1) is 0 Å². The summed E-state index contributed by atoms with van der Waals surface area (Å²) in [6.07, 6.45) is 5.81. The third kappa shape index (κ3) is 4.88. The van der Waals surface area contributed by atoms with Gasteiger partial charge >= 0.3 is 0 Å². The second-order valence-electron chi connectivity index (χ2n) is 7.04. The van der Waals surface area contributed by atoms with E-state index in [1.807, 2.05) is 44.2 Å². The largest absolute Gasteiger partial charge is 0.494 e. The van der Waals surface area contributed by atoms with E-state index in [0.717, 1.165) is 42.1 Å². The van der Waals surface area contributed by atoms with Crippen molar-refractivity contribution in [3.63, 3.8) is 0 Å². The number of fused-ring (bicyclic) bond motifs is 1. The molecule has 0 saturated heterocycles.